The molecule has 2 aromatic rings. The lowest BCUT2D eigenvalue weighted by atomic mass is 9.88. The third-order valence-electron chi connectivity index (χ3n) is 4.90. The van der Waals surface area contributed by atoms with Crippen LogP contribution in [0.5, 0.6) is 0 Å². The van der Waals surface area contributed by atoms with Gasteiger partial charge >= 0.3 is 11.6 Å². The molecular formula is C20H21NO5. The van der Waals surface area contributed by atoms with Gasteiger partial charge in [0.05, 0.1) is 12.6 Å². The summed E-state index contributed by atoms with van der Waals surface area (Å²) >= 11 is 0. The molecule has 2 heterocycles. The number of carbonyl (C=O) groups excluding carboxylic acids is 2. The smallest absolute Gasteiger partial charge is 0.347 e. The number of nitrogens with zero attached hydrogens (tertiary/aromatic N) is 1. The first kappa shape index (κ1) is 17.9. The van der Waals surface area contributed by atoms with Gasteiger partial charge in [-0.15, -0.1) is 0 Å². The van der Waals surface area contributed by atoms with Crippen LogP contribution in [0.2, 0.25) is 0 Å². The summed E-state index contributed by atoms with van der Waals surface area (Å²) in [5.74, 6) is -1.31. The van der Waals surface area contributed by atoms with Gasteiger partial charge in [-0.2, -0.15) is 0 Å². The fraction of sp³-hybridized carbons (Fsp3) is 0.350. The topological polar surface area (TPSA) is 76.8 Å². The maximum absolute atomic E-state index is 12.2. The molecule has 26 heavy (non-hydrogen) atoms. The molecule has 1 aromatic carbocycles. The number of benzene rings is 1. The van der Waals surface area contributed by atoms with Crippen LogP contribution in [0.4, 0.5) is 5.69 Å². The second kappa shape index (κ2) is 6.12. The van der Waals surface area contributed by atoms with Crippen molar-refractivity contribution in [3.05, 3.63) is 45.8 Å². The SMILES string of the molecule is COC(=O)CC(=O)c1cc2cc3c(cc2oc1=O)N(C)C(C)(C)C=C3C. The average Bonchev–Trinajstić information content (AvgIpc) is 2.57. The summed E-state index contributed by atoms with van der Waals surface area (Å²) in [6.45, 7) is 6.24. The van der Waals surface area contributed by atoms with E-state index in [4.69, 9.17) is 4.42 Å². The molecule has 0 unspecified atom stereocenters. The number of anilines is 1. The molecule has 0 N–H and O–H groups in total. The number of hydrogen-bond donors (Lipinski definition) is 0. The number of fused-ring (bicyclic) bond motifs is 2. The Labute approximate surface area is 151 Å². The molecule has 1 aliphatic rings. The highest BCUT2D eigenvalue weighted by Gasteiger charge is 2.29. The summed E-state index contributed by atoms with van der Waals surface area (Å²) in [6, 6.07) is 5.21. The maximum atomic E-state index is 12.2. The fourth-order valence-electron chi connectivity index (χ4n) is 3.26. The van der Waals surface area contributed by atoms with E-state index in [0.29, 0.717) is 11.0 Å². The van der Waals surface area contributed by atoms with Crippen LogP contribution in [0.1, 0.15) is 43.1 Å². The number of Topliss-reactive ketones (excluding diaryl/α,β-unsaturated/α-hetero) is 1. The Morgan fingerprint density at radius 3 is 2.58 bits per heavy atom. The van der Waals surface area contributed by atoms with Crippen LogP contribution in [0.15, 0.2) is 33.5 Å². The molecular weight excluding hydrogens is 334 g/mol. The van der Waals surface area contributed by atoms with E-state index in [1.54, 1.807) is 0 Å². The van der Waals surface area contributed by atoms with Crippen molar-refractivity contribution in [1.82, 2.24) is 0 Å². The van der Waals surface area contributed by atoms with Crippen LogP contribution >= 0.6 is 0 Å². The molecule has 1 aliphatic heterocycles. The first-order chi connectivity index (χ1) is 12.1. The summed E-state index contributed by atoms with van der Waals surface area (Å²) in [4.78, 5) is 37.8. The predicted molar refractivity (Wildman–Crippen MR) is 99.6 cm³/mol. The highest BCUT2D eigenvalue weighted by molar-refractivity contribution is 6.07. The van der Waals surface area contributed by atoms with Gasteiger partial charge in [0, 0.05) is 29.8 Å². The number of hydrogen-bond acceptors (Lipinski definition) is 6. The number of carbonyl (C=O) groups is 2. The minimum atomic E-state index is -0.753. The lowest BCUT2D eigenvalue weighted by Gasteiger charge is -2.40. The quantitative estimate of drug-likeness (QED) is 0.364. The van der Waals surface area contributed by atoms with E-state index in [1.807, 2.05) is 26.1 Å². The summed E-state index contributed by atoms with van der Waals surface area (Å²) in [5, 5.41) is 0.637. The summed E-state index contributed by atoms with van der Waals surface area (Å²) in [7, 11) is 3.18. The zero-order chi connectivity index (χ0) is 19.2. The molecule has 6 heteroatoms. The van der Waals surface area contributed by atoms with Crippen LogP contribution in [0.3, 0.4) is 0 Å². The Morgan fingerprint density at radius 2 is 1.92 bits per heavy atom. The van der Waals surface area contributed by atoms with Gasteiger partial charge in [-0.05, 0) is 38.5 Å². The second-order valence-corrected chi connectivity index (χ2v) is 7.07. The van der Waals surface area contributed by atoms with E-state index < -0.39 is 23.8 Å². The van der Waals surface area contributed by atoms with Crippen molar-refractivity contribution in [2.24, 2.45) is 0 Å². The standard InChI is InChI=1S/C20H21NO5/c1-11-10-20(2,3)21(4)15-8-17-12(6-13(11)15)7-14(19(24)26-17)16(22)9-18(23)25-5/h6-8,10H,9H2,1-5H3. The normalized spacial score (nSPS) is 15.4. The van der Waals surface area contributed by atoms with Crippen molar-refractivity contribution in [2.45, 2.75) is 32.7 Å². The predicted octanol–water partition coefficient (Wildman–Crippen LogP) is 3.17. The van der Waals surface area contributed by atoms with Gasteiger partial charge in [0.25, 0.3) is 0 Å². The van der Waals surface area contributed by atoms with Gasteiger partial charge in [-0.25, -0.2) is 4.79 Å². The third kappa shape index (κ3) is 2.92. The lowest BCUT2D eigenvalue weighted by molar-refractivity contribution is -0.139. The maximum Gasteiger partial charge on any atom is 0.347 e. The zero-order valence-electron chi connectivity index (χ0n) is 15.5. The van der Waals surface area contributed by atoms with Gasteiger partial charge in [0.1, 0.15) is 17.6 Å². The van der Waals surface area contributed by atoms with Crippen molar-refractivity contribution in [3.63, 3.8) is 0 Å². The monoisotopic (exact) mass is 355 g/mol. The van der Waals surface area contributed by atoms with Crippen LogP contribution in [-0.4, -0.2) is 31.4 Å². The molecule has 0 radical (unpaired) electrons. The Kier molecular flexibility index (Phi) is 4.22. The van der Waals surface area contributed by atoms with Gasteiger partial charge < -0.3 is 14.1 Å². The van der Waals surface area contributed by atoms with E-state index >= 15 is 0 Å². The number of allylic oxidation sites excluding steroid dienone is 1. The summed E-state index contributed by atoms with van der Waals surface area (Å²) in [5.41, 5.74) is 2.42. The number of rotatable bonds is 3. The molecule has 0 atom stereocenters. The van der Waals surface area contributed by atoms with Gasteiger partial charge in [-0.1, -0.05) is 6.08 Å². The van der Waals surface area contributed by atoms with Crippen molar-refractivity contribution >= 4 is 34.0 Å². The first-order valence-corrected chi connectivity index (χ1v) is 8.29. The molecule has 3 rings (SSSR count). The van der Waals surface area contributed by atoms with Gasteiger partial charge in [0.15, 0.2) is 5.78 Å². The Morgan fingerprint density at radius 1 is 1.23 bits per heavy atom. The first-order valence-electron chi connectivity index (χ1n) is 8.29. The molecule has 0 amide bonds. The molecule has 0 bridgehead atoms. The van der Waals surface area contributed by atoms with E-state index in [1.165, 1.54) is 13.2 Å². The summed E-state index contributed by atoms with van der Waals surface area (Å²) in [6.07, 6.45) is 1.68. The molecule has 0 aliphatic carbocycles. The number of esters is 1. The highest BCUT2D eigenvalue weighted by atomic mass is 16.5. The van der Waals surface area contributed by atoms with E-state index in [0.717, 1.165) is 16.8 Å². The largest absolute Gasteiger partial charge is 0.469 e. The fourth-order valence-corrected chi connectivity index (χ4v) is 3.26. The number of ether oxygens (including phenoxy) is 1. The molecule has 6 nitrogen and oxygen atoms in total. The van der Waals surface area contributed by atoms with Crippen LogP contribution in [0, 0.1) is 0 Å². The van der Waals surface area contributed by atoms with Crippen LogP contribution in [0.25, 0.3) is 16.5 Å². The number of methoxy groups -OCH3 is 1. The van der Waals surface area contributed by atoms with E-state index in [9.17, 15) is 14.4 Å². The Bertz CT molecular complexity index is 1010. The Balaban J connectivity index is 2.16. The number of likely N-dealkylation sites (N-methyl/N-ethyl adjacent to an activating group) is 1. The van der Waals surface area contributed by atoms with Gasteiger partial charge in [-0.3, -0.25) is 9.59 Å². The van der Waals surface area contributed by atoms with Crippen molar-refractivity contribution in [1.29, 1.82) is 0 Å². The molecule has 0 saturated carbocycles. The highest BCUT2D eigenvalue weighted by Crippen LogP contribution is 2.39. The third-order valence-corrected chi connectivity index (χ3v) is 4.90. The second-order valence-electron chi connectivity index (χ2n) is 7.07. The minimum Gasteiger partial charge on any atom is -0.469 e. The van der Waals surface area contributed by atoms with Crippen molar-refractivity contribution in [2.75, 3.05) is 19.1 Å². The zero-order valence-corrected chi connectivity index (χ0v) is 15.5. The lowest BCUT2D eigenvalue weighted by Crippen LogP contribution is -2.42. The molecule has 136 valence electrons. The molecule has 0 spiro atoms. The van der Waals surface area contributed by atoms with Crippen molar-refractivity contribution < 1.29 is 18.7 Å². The Hall–Kier alpha value is -2.89. The average molecular weight is 355 g/mol. The van der Waals surface area contributed by atoms with E-state index in [2.05, 4.69) is 29.6 Å². The van der Waals surface area contributed by atoms with E-state index in [-0.39, 0.29) is 11.1 Å². The minimum absolute atomic E-state index is 0.144. The van der Waals surface area contributed by atoms with Crippen LogP contribution < -0.4 is 10.5 Å². The molecule has 0 fully saturated rings. The van der Waals surface area contributed by atoms with Crippen LogP contribution in [-0.2, 0) is 9.53 Å². The number of ketones is 1. The van der Waals surface area contributed by atoms with Crippen molar-refractivity contribution in [3.8, 4) is 0 Å². The van der Waals surface area contributed by atoms with Gasteiger partial charge in [0.2, 0.25) is 0 Å². The molecule has 0 saturated heterocycles. The molecule has 1 aromatic heterocycles. The summed E-state index contributed by atoms with van der Waals surface area (Å²) < 4.78 is 9.86.